The molecule has 0 radical (unpaired) electrons. The Morgan fingerprint density at radius 3 is 2.24 bits per heavy atom. The molecule has 0 rings (SSSR count). The molecule has 0 aliphatic carbocycles. The van der Waals surface area contributed by atoms with Gasteiger partial charge in [-0.1, -0.05) is 0 Å². The average Bonchev–Trinajstić information content (AvgIpc) is 2.07. The van der Waals surface area contributed by atoms with Crippen LogP contribution in [0.3, 0.4) is 0 Å². The maximum atomic E-state index is 11.9. The Balaban J connectivity index is 4.14. The molecule has 1 amide bonds. The number of carbonyl (C=O) groups excluding carboxylic acids is 2. The smallest absolute Gasteiger partial charge is 0.408 e. The van der Waals surface area contributed by atoms with Crippen LogP contribution in [0.2, 0.25) is 0 Å². The van der Waals surface area contributed by atoms with E-state index in [0.29, 0.717) is 0 Å². The molecule has 17 heavy (non-hydrogen) atoms. The standard InChI is InChI=1S/C10H16F3NO3/c1-9(2,3)17-8(16)14-7(6-15)4-5-10(11,12)13/h6-7H,4-5H2,1-3H3,(H,14,16)/t7-/m0/s1. The predicted molar refractivity (Wildman–Crippen MR) is 54.5 cm³/mol. The average molecular weight is 255 g/mol. The maximum absolute atomic E-state index is 11.9. The van der Waals surface area contributed by atoms with Crippen molar-refractivity contribution in [3.63, 3.8) is 0 Å². The van der Waals surface area contributed by atoms with Crippen LogP contribution in [0.15, 0.2) is 0 Å². The summed E-state index contributed by atoms with van der Waals surface area (Å²) in [6.45, 7) is 4.83. The van der Waals surface area contributed by atoms with E-state index < -0.39 is 36.8 Å². The molecule has 0 unspecified atom stereocenters. The van der Waals surface area contributed by atoms with E-state index in [1.54, 1.807) is 20.8 Å². The van der Waals surface area contributed by atoms with Crippen LogP contribution in [-0.4, -0.2) is 30.2 Å². The predicted octanol–water partition coefficient (Wildman–Crippen LogP) is 2.42. The summed E-state index contributed by atoms with van der Waals surface area (Å²) in [6.07, 6.45) is -6.62. The molecule has 7 heteroatoms. The molecule has 0 aliphatic rings. The number of halogens is 3. The van der Waals surface area contributed by atoms with E-state index >= 15 is 0 Å². The molecule has 0 spiro atoms. The summed E-state index contributed by atoms with van der Waals surface area (Å²) >= 11 is 0. The Kier molecular flexibility index (Phi) is 5.44. The first-order valence-corrected chi connectivity index (χ1v) is 5.05. The highest BCUT2D eigenvalue weighted by atomic mass is 19.4. The van der Waals surface area contributed by atoms with Crippen molar-refractivity contribution < 1.29 is 27.5 Å². The van der Waals surface area contributed by atoms with Crippen molar-refractivity contribution in [1.29, 1.82) is 0 Å². The van der Waals surface area contributed by atoms with Crippen LogP contribution in [-0.2, 0) is 9.53 Å². The number of carbonyl (C=O) groups is 2. The SMILES string of the molecule is CC(C)(C)OC(=O)N[C@H](C=O)CCC(F)(F)F. The molecule has 0 aromatic carbocycles. The molecule has 0 bridgehead atoms. The van der Waals surface area contributed by atoms with Crippen LogP contribution in [0.25, 0.3) is 0 Å². The second-order valence-corrected chi connectivity index (χ2v) is 4.54. The molecule has 0 aromatic heterocycles. The largest absolute Gasteiger partial charge is 0.444 e. The van der Waals surface area contributed by atoms with E-state index in [4.69, 9.17) is 4.74 Å². The van der Waals surface area contributed by atoms with Gasteiger partial charge >= 0.3 is 12.3 Å². The number of alkyl halides is 3. The van der Waals surface area contributed by atoms with Gasteiger partial charge in [0.25, 0.3) is 0 Å². The molecule has 1 N–H and O–H groups in total. The highest BCUT2D eigenvalue weighted by molar-refractivity contribution is 5.73. The number of amides is 1. The molecule has 100 valence electrons. The Bertz CT molecular complexity index is 271. The van der Waals surface area contributed by atoms with E-state index in [1.165, 1.54) is 0 Å². The third-order valence-electron chi connectivity index (χ3n) is 1.61. The van der Waals surface area contributed by atoms with Crippen molar-refractivity contribution in [2.45, 2.75) is 51.4 Å². The second-order valence-electron chi connectivity index (χ2n) is 4.54. The highest BCUT2D eigenvalue weighted by Gasteiger charge is 2.29. The molecule has 0 fully saturated rings. The van der Waals surface area contributed by atoms with Crippen molar-refractivity contribution >= 4 is 12.4 Å². The minimum absolute atomic E-state index is 0.260. The summed E-state index contributed by atoms with van der Waals surface area (Å²) in [4.78, 5) is 21.7. The van der Waals surface area contributed by atoms with Gasteiger partial charge in [0.15, 0.2) is 0 Å². The van der Waals surface area contributed by atoms with Crippen LogP contribution in [0.4, 0.5) is 18.0 Å². The van der Waals surface area contributed by atoms with Gasteiger partial charge in [-0.15, -0.1) is 0 Å². The number of nitrogens with one attached hydrogen (secondary N) is 1. The summed E-state index contributed by atoms with van der Waals surface area (Å²) in [5, 5.41) is 2.07. The van der Waals surface area contributed by atoms with Gasteiger partial charge in [0.05, 0.1) is 6.04 Å². The summed E-state index contributed by atoms with van der Waals surface area (Å²) < 4.78 is 40.5. The number of ether oxygens (including phenoxy) is 1. The zero-order valence-corrected chi connectivity index (χ0v) is 9.93. The zero-order valence-electron chi connectivity index (χ0n) is 9.93. The fourth-order valence-electron chi connectivity index (χ4n) is 0.952. The van der Waals surface area contributed by atoms with Gasteiger partial charge in [-0.05, 0) is 27.2 Å². The lowest BCUT2D eigenvalue weighted by atomic mass is 10.2. The van der Waals surface area contributed by atoms with Crippen molar-refractivity contribution in [3.05, 3.63) is 0 Å². The third-order valence-corrected chi connectivity index (χ3v) is 1.61. The molecule has 0 heterocycles. The number of rotatable bonds is 4. The monoisotopic (exact) mass is 255 g/mol. The summed E-state index contributed by atoms with van der Waals surface area (Å²) in [5.74, 6) is 0. The van der Waals surface area contributed by atoms with E-state index in [-0.39, 0.29) is 6.29 Å². The zero-order chi connectivity index (χ0) is 13.7. The van der Waals surface area contributed by atoms with Gasteiger partial charge in [0.1, 0.15) is 11.9 Å². The normalized spacial score (nSPS) is 14.0. The van der Waals surface area contributed by atoms with Crippen LogP contribution in [0, 0.1) is 0 Å². The van der Waals surface area contributed by atoms with Crippen LogP contribution in [0.5, 0.6) is 0 Å². The van der Waals surface area contributed by atoms with Crippen LogP contribution < -0.4 is 5.32 Å². The minimum atomic E-state index is -4.35. The first kappa shape index (κ1) is 15.7. The van der Waals surface area contributed by atoms with Gasteiger partial charge in [-0.2, -0.15) is 13.2 Å². The third kappa shape index (κ3) is 9.65. The van der Waals surface area contributed by atoms with Crippen molar-refractivity contribution in [2.24, 2.45) is 0 Å². The summed E-state index contributed by atoms with van der Waals surface area (Å²) in [7, 11) is 0. The first-order chi connectivity index (χ1) is 7.53. The molecule has 0 saturated heterocycles. The van der Waals surface area contributed by atoms with Crippen LogP contribution >= 0.6 is 0 Å². The van der Waals surface area contributed by atoms with Gasteiger partial charge in [-0.25, -0.2) is 4.79 Å². The Morgan fingerprint density at radius 1 is 1.35 bits per heavy atom. The van der Waals surface area contributed by atoms with Gasteiger partial charge < -0.3 is 14.8 Å². The minimum Gasteiger partial charge on any atom is -0.444 e. The Morgan fingerprint density at radius 2 is 1.88 bits per heavy atom. The fraction of sp³-hybridized carbons (Fsp3) is 0.800. The lowest BCUT2D eigenvalue weighted by molar-refractivity contribution is -0.137. The van der Waals surface area contributed by atoms with Crippen molar-refractivity contribution in [2.75, 3.05) is 0 Å². The molecular formula is C10H16F3NO3. The molecule has 0 aliphatic heterocycles. The molecular weight excluding hydrogens is 239 g/mol. The first-order valence-electron chi connectivity index (χ1n) is 5.05. The van der Waals surface area contributed by atoms with E-state index in [2.05, 4.69) is 5.32 Å². The number of aldehydes is 1. The van der Waals surface area contributed by atoms with Gasteiger partial charge in [-0.3, -0.25) is 0 Å². The van der Waals surface area contributed by atoms with E-state index in [1.807, 2.05) is 0 Å². The highest BCUT2D eigenvalue weighted by Crippen LogP contribution is 2.22. The maximum Gasteiger partial charge on any atom is 0.408 e. The van der Waals surface area contributed by atoms with Crippen molar-refractivity contribution in [3.8, 4) is 0 Å². The molecule has 0 saturated carbocycles. The van der Waals surface area contributed by atoms with E-state index in [0.717, 1.165) is 0 Å². The second kappa shape index (κ2) is 5.88. The molecule has 4 nitrogen and oxygen atoms in total. The van der Waals surface area contributed by atoms with Crippen LogP contribution in [0.1, 0.15) is 33.6 Å². The van der Waals surface area contributed by atoms with Crippen molar-refractivity contribution in [1.82, 2.24) is 5.32 Å². The molecule has 0 aromatic rings. The van der Waals surface area contributed by atoms with Gasteiger partial charge in [0, 0.05) is 6.42 Å². The van der Waals surface area contributed by atoms with Gasteiger partial charge in [0.2, 0.25) is 0 Å². The number of alkyl carbamates (subject to hydrolysis) is 1. The lowest BCUT2D eigenvalue weighted by Crippen LogP contribution is -2.40. The summed E-state index contributed by atoms with van der Waals surface area (Å²) in [5.41, 5.74) is -0.762. The number of hydrogen-bond donors (Lipinski definition) is 1. The number of hydrogen-bond acceptors (Lipinski definition) is 3. The topological polar surface area (TPSA) is 55.4 Å². The quantitative estimate of drug-likeness (QED) is 0.785. The molecule has 1 atom stereocenters. The fourth-order valence-corrected chi connectivity index (χ4v) is 0.952. The lowest BCUT2D eigenvalue weighted by Gasteiger charge is -2.21. The Hall–Kier alpha value is -1.27. The summed E-state index contributed by atoms with van der Waals surface area (Å²) in [6, 6.07) is -1.19. The van der Waals surface area contributed by atoms with E-state index in [9.17, 15) is 22.8 Å². The Labute approximate surface area is 97.5 Å².